The Kier molecular flexibility index (Phi) is 9.97. The van der Waals surface area contributed by atoms with Crippen LogP contribution in [0.3, 0.4) is 0 Å². The molecule has 6 aromatic rings. The van der Waals surface area contributed by atoms with Crippen LogP contribution in [0, 0.1) is 5.82 Å². The number of nitrogens with two attached hydrogens (primary N) is 2. The van der Waals surface area contributed by atoms with Gasteiger partial charge in [-0.2, -0.15) is 0 Å². The van der Waals surface area contributed by atoms with E-state index in [2.05, 4.69) is 10.3 Å². The number of aromatic hydroxyl groups is 2. The van der Waals surface area contributed by atoms with Crippen LogP contribution in [0.5, 0.6) is 11.5 Å². The fourth-order valence-corrected chi connectivity index (χ4v) is 6.46. The Bertz CT molecular complexity index is 2160. The van der Waals surface area contributed by atoms with Gasteiger partial charge < -0.3 is 41.2 Å². The Labute approximate surface area is 294 Å². The van der Waals surface area contributed by atoms with Crippen molar-refractivity contribution in [3.8, 4) is 33.8 Å². The lowest BCUT2D eigenvalue weighted by Gasteiger charge is -2.25. The summed E-state index contributed by atoms with van der Waals surface area (Å²) in [6, 6.07) is 18.4. The number of hydrogen-bond acceptors (Lipinski definition) is 10. The lowest BCUT2D eigenvalue weighted by atomic mass is 9.89. The topological polar surface area (TPSA) is 191 Å². The Balaban J connectivity index is 1.20. The third-order valence-electron chi connectivity index (χ3n) is 9.04. The standard InChI is InChI=1S/C38H42FN7O5/c1-4-29-35(22-5-9-26(48)10-6-22)32(42-37(41)36(29)23-7-11-27(49)12-8-23)20-51-19-25-16-45(44-43-25)17-28(50)18-46-33-15-30(39)31(40)13-24(33)14-34(46)38(2,3)21-47/h5-16,28,47-50H,4,17-21,40H2,1-3H3,(H2,41,42)/t28-/m0/s1. The van der Waals surface area contributed by atoms with E-state index in [4.69, 9.17) is 21.2 Å². The van der Waals surface area contributed by atoms with Crippen LogP contribution in [0.4, 0.5) is 15.9 Å². The highest BCUT2D eigenvalue weighted by Crippen LogP contribution is 2.39. The summed E-state index contributed by atoms with van der Waals surface area (Å²) >= 11 is 0. The molecule has 12 nitrogen and oxygen atoms in total. The van der Waals surface area contributed by atoms with E-state index in [1.165, 1.54) is 10.7 Å². The van der Waals surface area contributed by atoms with Crippen molar-refractivity contribution in [3.05, 3.63) is 101 Å². The number of hydrogen-bond donors (Lipinski definition) is 6. The van der Waals surface area contributed by atoms with E-state index in [0.717, 1.165) is 33.5 Å². The summed E-state index contributed by atoms with van der Waals surface area (Å²) in [6.45, 7) is 6.05. The molecule has 8 N–H and O–H groups in total. The summed E-state index contributed by atoms with van der Waals surface area (Å²) in [5.74, 6) is 0.0517. The molecule has 6 rings (SSSR count). The van der Waals surface area contributed by atoms with Gasteiger partial charge in [-0.1, -0.05) is 50.3 Å². The summed E-state index contributed by atoms with van der Waals surface area (Å²) < 4.78 is 23.9. The highest BCUT2D eigenvalue weighted by molar-refractivity contribution is 5.86. The van der Waals surface area contributed by atoms with Crippen LogP contribution in [0.2, 0.25) is 0 Å². The average molecular weight is 696 g/mol. The van der Waals surface area contributed by atoms with Gasteiger partial charge in [0.25, 0.3) is 0 Å². The molecule has 0 amide bonds. The van der Waals surface area contributed by atoms with Gasteiger partial charge in [-0.05, 0) is 59.5 Å². The number of nitrogen functional groups attached to an aromatic ring is 2. The van der Waals surface area contributed by atoms with E-state index in [1.54, 1.807) is 48.7 Å². The van der Waals surface area contributed by atoms with Crippen LogP contribution >= 0.6 is 0 Å². The van der Waals surface area contributed by atoms with Crippen LogP contribution < -0.4 is 11.5 Å². The number of nitrogens with zero attached hydrogens (tertiary/aromatic N) is 5. The maximum atomic E-state index is 14.5. The van der Waals surface area contributed by atoms with E-state index < -0.39 is 17.3 Å². The van der Waals surface area contributed by atoms with Crippen molar-refractivity contribution in [2.75, 3.05) is 18.1 Å². The summed E-state index contributed by atoms with van der Waals surface area (Å²) in [4.78, 5) is 4.76. The zero-order valence-electron chi connectivity index (χ0n) is 28.7. The van der Waals surface area contributed by atoms with Gasteiger partial charge in [0.15, 0.2) is 0 Å². The number of aromatic nitrogens is 5. The first-order chi connectivity index (χ1) is 24.4. The molecule has 3 heterocycles. The van der Waals surface area contributed by atoms with Gasteiger partial charge in [-0.25, -0.2) is 14.1 Å². The molecule has 0 aliphatic heterocycles. The second-order valence-corrected chi connectivity index (χ2v) is 13.3. The van der Waals surface area contributed by atoms with Gasteiger partial charge in [0.2, 0.25) is 0 Å². The lowest BCUT2D eigenvalue weighted by Crippen LogP contribution is -2.29. The summed E-state index contributed by atoms with van der Waals surface area (Å²) in [6.07, 6.45) is 1.39. The minimum atomic E-state index is -0.926. The molecular weight excluding hydrogens is 653 g/mol. The Morgan fingerprint density at radius 1 is 0.902 bits per heavy atom. The Morgan fingerprint density at radius 3 is 2.18 bits per heavy atom. The summed E-state index contributed by atoms with van der Waals surface area (Å²) in [5, 5.41) is 50.1. The van der Waals surface area contributed by atoms with Crippen LogP contribution in [-0.4, -0.2) is 57.7 Å². The second-order valence-electron chi connectivity index (χ2n) is 13.3. The largest absolute Gasteiger partial charge is 0.508 e. The molecule has 266 valence electrons. The molecular formula is C38H42FN7O5. The van der Waals surface area contributed by atoms with Crippen LogP contribution in [0.1, 0.15) is 43.4 Å². The third kappa shape index (κ3) is 7.36. The zero-order valence-corrected chi connectivity index (χ0v) is 28.7. The average Bonchev–Trinajstić information content (AvgIpc) is 3.69. The fourth-order valence-electron chi connectivity index (χ4n) is 6.46. The van der Waals surface area contributed by atoms with E-state index in [1.807, 2.05) is 43.5 Å². The first kappa shape index (κ1) is 35.3. The first-order valence-corrected chi connectivity index (χ1v) is 16.6. The van der Waals surface area contributed by atoms with E-state index >= 15 is 0 Å². The monoisotopic (exact) mass is 695 g/mol. The molecule has 51 heavy (non-hydrogen) atoms. The molecule has 13 heteroatoms. The van der Waals surface area contributed by atoms with Crippen molar-refractivity contribution < 1.29 is 29.6 Å². The fraction of sp³-hybridized carbons (Fsp3) is 0.289. The van der Waals surface area contributed by atoms with Gasteiger partial charge in [0, 0.05) is 33.7 Å². The number of halogens is 1. The van der Waals surface area contributed by atoms with Gasteiger partial charge >= 0.3 is 0 Å². The predicted molar refractivity (Wildman–Crippen MR) is 193 cm³/mol. The second kappa shape index (κ2) is 14.4. The van der Waals surface area contributed by atoms with Crippen molar-refractivity contribution >= 4 is 22.4 Å². The molecule has 0 fully saturated rings. The number of benzene rings is 3. The quantitative estimate of drug-likeness (QED) is 0.0866. The minimum absolute atomic E-state index is 0.0265. The predicted octanol–water partition coefficient (Wildman–Crippen LogP) is 5.29. The van der Waals surface area contributed by atoms with Gasteiger partial charge in [0.05, 0.1) is 62.1 Å². The zero-order chi connectivity index (χ0) is 36.4. The van der Waals surface area contributed by atoms with Crippen molar-refractivity contribution in [3.63, 3.8) is 0 Å². The molecule has 0 unspecified atom stereocenters. The molecule has 0 radical (unpaired) electrons. The lowest BCUT2D eigenvalue weighted by molar-refractivity contribution is 0.102. The third-order valence-corrected chi connectivity index (χ3v) is 9.04. The number of pyridine rings is 1. The highest BCUT2D eigenvalue weighted by atomic mass is 19.1. The summed E-state index contributed by atoms with van der Waals surface area (Å²) in [5.41, 5.74) is 18.4. The van der Waals surface area contributed by atoms with Crippen LogP contribution in [-0.2, 0) is 42.9 Å². The van der Waals surface area contributed by atoms with E-state index in [9.17, 15) is 24.8 Å². The van der Waals surface area contributed by atoms with Gasteiger partial charge in [-0.15, -0.1) is 5.10 Å². The minimum Gasteiger partial charge on any atom is -0.508 e. The molecule has 0 aliphatic rings. The molecule has 3 aromatic heterocycles. The number of ether oxygens (including phenoxy) is 1. The van der Waals surface area contributed by atoms with Crippen molar-refractivity contribution in [1.29, 1.82) is 0 Å². The Hall–Kier alpha value is -5.50. The summed E-state index contributed by atoms with van der Waals surface area (Å²) in [7, 11) is 0. The molecule has 0 aliphatic carbocycles. The first-order valence-electron chi connectivity index (χ1n) is 16.6. The van der Waals surface area contributed by atoms with E-state index in [0.29, 0.717) is 34.5 Å². The maximum absolute atomic E-state index is 14.5. The van der Waals surface area contributed by atoms with E-state index in [-0.39, 0.29) is 50.1 Å². The van der Waals surface area contributed by atoms with Crippen molar-refractivity contribution in [2.24, 2.45) is 0 Å². The number of phenols is 2. The number of fused-ring (bicyclic) bond motifs is 1. The molecule has 0 saturated carbocycles. The van der Waals surface area contributed by atoms with Crippen molar-refractivity contribution in [1.82, 2.24) is 24.5 Å². The molecule has 3 aromatic carbocycles. The molecule has 0 bridgehead atoms. The van der Waals surface area contributed by atoms with Crippen LogP contribution in [0.25, 0.3) is 33.2 Å². The number of aliphatic hydroxyl groups excluding tert-OH is 2. The van der Waals surface area contributed by atoms with Gasteiger partial charge in [-0.3, -0.25) is 0 Å². The normalized spacial score (nSPS) is 12.5. The highest BCUT2D eigenvalue weighted by Gasteiger charge is 2.27. The smallest absolute Gasteiger partial charge is 0.148 e. The molecule has 0 spiro atoms. The Morgan fingerprint density at radius 2 is 1.55 bits per heavy atom. The number of anilines is 2. The number of phenolic OH excluding ortho intramolecular Hbond substituents is 2. The number of rotatable bonds is 13. The van der Waals surface area contributed by atoms with Crippen LogP contribution in [0.15, 0.2) is 72.9 Å². The number of aliphatic hydroxyl groups is 2. The van der Waals surface area contributed by atoms with Crippen molar-refractivity contribution in [2.45, 2.75) is 65.0 Å². The maximum Gasteiger partial charge on any atom is 0.148 e. The molecule has 0 saturated heterocycles. The SMILES string of the molecule is CCc1c(-c2ccc(O)cc2)c(N)nc(COCc2cn(C[C@H](O)Cn3c(C(C)(C)CO)cc4cc(N)c(F)cc43)nn2)c1-c1ccc(O)cc1. The molecule has 1 atom stereocenters. The van der Waals surface area contributed by atoms with Gasteiger partial charge in [0.1, 0.15) is 28.8 Å².